The van der Waals surface area contributed by atoms with E-state index < -0.39 is 0 Å². The predicted octanol–water partition coefficient (Wildman–Crippen LogP) is 6.31. The molecule has 7 N–H and O–H groups in total. The Balaban J connectivity index is 0.801. The van der Waals surface area contributed by atoms with Crippen LogP contribution in [-0.2, 0) is 14.3 Å². The molecule has 55 heavy (non-hydrogen) atoms. The van der Waals surface area contributed by atoms with Crippen molar-refractivity contribution < 1.29 is 33.4 Å². The highest BCUT2D eigenvalue weighted by atomic mass is 16.6. The van der Waals surface area contributed by atoms with E-state index in [9.17, 15) is 24.0 Å². The molecule has 310 valence electrons. The van der Waals surface area contributed by atoms with Crippen molar-refractivity contribution in [3.8, 4) is 0 Å². The van der Waals surface area contributed by atoms with Crippen LogP contribution in [0.4, 0.5) is 19.2 Å². The number of amides is 7. The van der Waals surface area contributed by atoms with Crippen molar-refractivity contribution in [2.45, 2.75) is 221 Å². The van der Waals surface area contributed by atoms with Crippen LogP contribution in [0.2, 0.25) is 0 Å². The predicted molar refractivity (Wildman–Crippen MR) is 208 cm³/mol. The lowest BCUT2D eigenvalue weighted by Gasteiger charge is -2.34. The number of carbonyl (C=O) groups excluding carboxylic acids is 5. The van der Waals surface area contributed by atoms with Crippen LogP contribution < -0.4 is 37.2 Å². The maximum absolute atomic E-state index is 13.2. The number of ether oxygens (including phenoxy) is 2. The highest BCUT2D eigenvalue weighted by Crippen LogP contribution is 2.27. The highest BCUT2D eigenvalue weighted by Gasteiger charge is 2.32. The zero-order valence-corrected chi connectivity index (χ0v) is 33.0. The maximum Gasteiger partial charge on any atom is 0.407 e. The first-order valence-corrected chi connectivity index (χ1v) is 22.1. The Morgan fingerprint density at radius 2 is 0.673 bits per heavy atom. The lowest BCUT2D eigenvalue weighted by atomic mass is 9.84. The normalized spacial score (nSPS) is 32.1. The van der Waals surface area contributed by atoms with E-state index in [-0.39, 0.29) is 90.6 Å². The van der Waals surface area contributed by atoms with E-state index in [4.69, 9.17) is 9.47 Å². The number of urea groups is 2. The summed E-state index contributed by atoms with van der Waals surface area (Å²) >= 11 is 0. The van der Waals surface area contributed by atoms with Crippen molar-refractivity contribution >= 4 is 30.2 Å². The van der Waals surface area contributed by atoms with Crippen LogP contribution >= 0.6 is 0 Å². The standard InChI is InChI=1S/C41H69N7O7/c49-37(27-17-19-29(20-18-27)43-38(50)45-31-9-7-11-33(25-31)47-40(52)54-35-13-3-1-4-14-35)42-28-21-23-30(24-22-28)44-39(51)46-32-10-8-12-34(26-32)48-41(53)55-36-15-5-2-6-16-36/h27-36H,1-26H2,(H,42,49)(H,47,52)(H,48,53)(H2,43,45,50)(H2,44,46,51). The molecule has 14 heteroatoms. The second-order valence-electron chi connectivity index (χ2n) is 17.6. The van der Waals surface area contributed by atoms with Gasteiger partial charge >= 0.3 is 24.2 Å². The Labute approximate surface area is 327 Å². The minimum absolute atomic E-state index is 0.00352. The Bertz CT molecular complexity index is 1260. The van der Waals surface area contributed by atoms with Gasteiger partial charge in [0.15, 0.2) is 0 Å². The van der Waals surface area contributed by atoms with Crippen LogP contribution in [0, 0.1) is 5.92 Å². The van der Waals surface area contributed by atoms with Crippen LogP contribution in [0.3, 0.4) is 0 Å². The monoisotopic (exact) mass is 772 g/mol. The molecule has 6 aliphatic rings. The van der Waals surface area contributed by atoms with E-state index in [0.29, 0.717) is 12.8 Å². The van der Waals surface area contributed by atoms with Gasteiger partial charge in [0.2, 0.25) is 5.91 Å². The van der Waals surface area contributed by atoms with Gasteiger partial charge in [-0.2, -0.15) is 0 Å². The number of alkyl carbamates (subject to hydrolysis) is 2. The van der Waals surface area contributed by atoms with Gasteiger partial charge < -0.3 is 46.7 Å². The topological polar surface area (TPSA) is 188 Å². The van der Waals surface area contributed by atoms with Gasteiger partial charge in [-0.05, 0) is 154 Å². The summed E-state index contributed by atoms with van der Waals surface area (Å²) in [7, 11) is 0. The highest BCUT2D eigenvalue weighted by molar-refractivity contribution is 5.79. The lowest BCUT2D eigenvalue weighted by molar-refractivity contribution is -0.127. The molecule has 6 fully saturated rings. The summed E-state index contributed by atoms with van der Waals surface area (Å²) in [6.07, 6.45) is 23.2. The summed E-state index contributed by atoms with van der Waals surface area (Å²) in [4.78, 5) is 63.8. The molecule has 4 atom stereocenters. The van der Waals surface area contributed by atoms with Gasteiger partial charge in [0.25, 0.3) is 0 Å². The Morgan fingerprint density at radius 1 is 0.327 bits per heavy atom. The lowest BCUT2D eigenvalue weighted by Crippen LogP contribution is -2.52. The third kappa shape index (κ3) is 13.9. The quantitative estimate of drug-likeness (QED) is 0.136. The van der Waals surface area contributed by atoms with E-state index >= 15 is 0 Å². The van der Waals surface area contributed by atoms with E-state index in [1.165, 1.54) is 12.8 Å². The fourth-order valence-corrected chi connectivity index (χ4v) is 10.0. The maximum atomic E-state index is 13.2. The van der Waals surface area contributed by atoms with Gasteiger partial charge in [-0.25, -0.2) is 19.2 Å². The molecular weight excluding hydrogens is 702 g/mol. The molecule has 6 aliphatic carbocycles. The molecule has 4 unspecified atom stereocenters. The summed E-state index contributed by atoms with van der Waals surface area (Å²) < 4.78 is 11.3. The molecule has 0 bridgehead atoms. The van der Waals surface area contributed by atoms with Gasteiger partial charge in [0.05, 0.1) is 0 Å². The first-order valence-electron chi connectivity index (χ1n) is 22.1. The summed E-state index contributed by atoms with van der Waals surface area (Å²) in [5, 5.41) is 21.9. The molecule has 0 saturated heterocycles. The average Bonchev–Trinajstić information content (AvgIpc) is 3.17. The molecule has 0 aromatic rings. The molecule has 14 nitrogen and oxygen atoms in total. The third-order valence-corrected chi connectivity index (χ3v) is 13.2. The van der Waals surface area contributed by atoms with Crippen LogP contribution in [-0.4, -0.2) is 84.7 Å². The number of hydrogen-bond acceptors (Lipinski definition) is 7. The average molecular weight is 772 g/mol. The van der Waals surface area contributed by atoms with Crippen molar-refractivity contribution in [3.63, 3.8) is 0 Å². The van der Waals surface area contributed by atoms with Crippen LogP contribution in [0.5, 0.6) is 0 Å². The Hall–Kier alpha value is -3.45. The van der Waals surface area contributed by atoms with Crippen molar-refractivity contribution in [1.82, 2.24) is 37.2 Å². The summed E-state index contributed by atoms with van der Waals surface area (Å²) in [6.45, 7) is 0. The van der Waals surface area contributed by atoms with Gasteiger partial charge in [-0.1, -0.05) is 12.8 Å². The first-order chi connectivity index (χ1) is 26.7. The summed E-state index contributed by atoms with van der Waals surface area (Å²) in [5.74, 6) is 0.0482. The fourth-order valence-electron chi connectivity index (χ4n) is 10.0. The van der Waals surface area contributed by atoms with E-state index in [0.717, 1.165) is 141 Å². The second-order valence-corrected chi connectivity index (χ2v) is 17.6. The molecule has 6 rings (SSSR count). The number of hydrogen-bond donors (Lipinski definition) is 7. The van der Waals surface area contributed by atoms with Crippen LogP contribution in [0.25, 0.3) is 0 Å². The molecule has 7 amide bonds. The second kappa shape index (κ2) is 21.2. The van der Waals surface area contributed by atoms with E-state index in [2.05, 4.69) is 37.2 Å². The van der Waals surface area contributed by atoms with Crippen molar-refractivity contribution in [1.29, 1.82) is 0 Å². The molecule has 0 aromatic carbocycles. The zero-order chi connectivity index (χ0) is 38.4. The first kappa shape index (κ1) is 41.2. The molecule has 0 radical (unpaired) electrons. The number of nitrogens with one attached hydrogen (secondary N) is 7. The van der Waals surface area contributed by atoms with Crippen LogP contribution in [0.1, 0.15) is 167 Å². The minimum Gasteiger partial charge on any atom is -0.446 e. The van der Waals surface area contributed by atoms with Gasteiger partial charge in [-0.3, -0.25) is 4.79 Å². The SMILES string of the molecule is O=C(NC1CCC(NC(=O)C2CCC(NC(=O)NC3CCCC(NC(=O)OC4CCCCC4)C3)CC2)CC1)NC1CCCC(NC(=O)OC2CCCCC2)C1. The van der Waals surface area contributed by atoms with Crippen LogP contribution in [0.15, 0.2) is 0 Å². The van der Waals surface area contributed by atoms with Crippen molar-refractivity contribution in [2.24, 2.45) is 5.92 Å². The number of carbonyl (C=O) groups is 5. The fraction of sp³-hybridized carbons (Fsp3) is 0.878. The molecule has 0 heterocycles. The molecular formula is C41H69N7O7. The largest absolute Gasteiger partial charge is 0.446 e. The Kier molecular flexibility index (Phi) is 15.9. The van der Waals surface area contributed by atoms with E-state index in [1.54, 1.807) is 0 Å². The number of rotatable bonds is 10. The smallest absolute Gasteiger partial charge is 0.407 e. The van der Waals surface area contributed by atoms with E-state index in [1.807, 2.05) is 0 Å². The molecule has 6 saturated carbocycles. The zero-order valence-electron chi connectivity index (χ0n) is 33.0. The van der Waals surface area contributed by atoms with Gasteiger partial charge in [0.1, 0.15) is 12.2 Å². The summed E-state index contributed by atoms with van der Waals surface area (Å²) in [5.41, 5.74) is 0. The Morgan fingerprint density at radius 3 is 1.09 bits per heavy atom. The third-order valence-electron chi connectivity index (χ3n) is 13.2. The van der Waals surface area contributed by atoms with Crippen molar-refractivity contribution in [2.75, 3.05) is 0 Å². The minimum atomic E-state index is -0.332. The molecule has 0 aliphatic heterocycles. The molecule has 0 spiro atoms. The molecule has 0 aromatic heterocycles. The summed E-state index contributed by atoms with van der Waals surface area (Å²) in [6, 6.07) is -0.0789. The van der Waals surface area contributed by atoms with Crippen molar-refractivity contribution in [3.05, 3.63) is 0 Å². The van der Waals surface area contributed by atoms with Gasteiger partial charge in [-0.15, -0.1) is 0 Å². The van der Waals surface area contributed by atoms with Gasteiger partial charge in [0, 0.05) is 48.2 Å².